The smallest absolute Gasteiger partial charge is 0.161 e. The molecule has 0 unspecified atom stereocenters. The van der Waals surface area contributed by atoms with Crippen molar-refractivity contribution in [3.05, 3.63) is 29.5 Å². The van der Waals surface area contributed by atoms with Gasteiger partial charge < -0.3 is 9.47 Å². The molecule has 0 N–H and O–H groups in total. The Morgan fingerprint density at radius 2 is 1.84 bits per heavy atom. The standard InChI is InChI=1S/C14H16N2O3/c1-9-7-16(2)15-14(9)11-6-13(19-4)12(18-3)5-10(11)8-17/h5-8H,1-4H3. The molecular formula is C14H16N2O3. The highest BCUT2D eigenvalue weighted by Crippen LogP contribution is 2.35. The summed E-state index contributed by atoms with van der Waals surface area (Å²) in [6.45, 7) is 1.95. The van der Waals surface area contributed by atoms with Crippen molar-refractivity contribution in [3.8, 4) is 22.8 Å². The highest BCUT2D eigenvalue weighted by Gasteiger charge is 2.16. The summed E-state index contributed by atoms with van der Waals surface area (Å²) in [6, 6.07) is 3.44. The third-order valence-electron chi connectivity index (χ3n) is 2.95. The Balaban J connectivity index is 2.68. The van der Waals surface area contributed by atoms with Crippen LogP contribution in [-0.2, 0) is 7.05 Å². The van der Waals surface area contributed by atoms with Gasteiger partial charge in [0.05, 0.1) is 19.9 Å². The first-order valence-corrected chi connectivity index (χ1v) is 5.82. The molecule has 0 saturated heterocycles. The normalized spacial score (nSPS) is 10.3. The number of carbonyl (C=O) groups is 1. The zero-order valence-electron chi connectivity index (χ0n) is 11.4. The minimum atomic E-state index is 0.527. The van der Waals surface area contributed by atoms with Crippen molar-refractivity contribution < 1.29 is 14.3 Å². The molecular weight excluding hydrogens is 244 g/mol. The summed E-state index contributed by atoms with van der Waals surface area (Å²) in [4.78, 5) is 11.3. The van der Waals surface area contributed by atoms with Gasteiger partial charge >= 0.3 is 0 Å². The average Bonchev–Trinajstić information content (AvgIpc) is 2.75. The van der Waals surface area contributed by atoms with Crippen molar-refractivity contribution in [2.24, 2.45) is 7.05 Å². The monoisotopic (exact) mass is 260 g/mol. The molecule has 1 aromatic carbocycles. The lowest BCUT2D eigenvalue weighted by atomic mass is 10.0. The highest BCUT2D eigenvalue weighted by atomic mass is 16.5. The van der Waals surface area contributed by atoms with Crippen LogP contribution in [0.1, 0.15) is 15.9 Å². The van der Waals surface area contributed by atoms with E-state index in [9.17, 15) is 4.79 Å². The number of aryl methyl sites for hydroxylation is 2. The van der Waals surface area contributed by atoms with E-state index in [2.05, 4.69) is 5.10 Å². The van der Waals surface area contributed by atoms with Crippen LogP contribution in [0, 0.1) is 6.92 Å². The minimum absolute atomic E-state index is 0.527. The largest absolute Gasteiger partial charge is 0.493 e. The van der Waals surface area contributed by atoms with Gasteiger partial charge in [0.15, 0.2) is 17.8 Å². The van der Waals surface area contributed by atoms with Crippen LogP contribution < -0.4 is 9.47 Å². The Hall–Kier alpha value is -2.30. The van der Waals surface area contributed by atoms with E-state index in [1.54, 1.807) is 23.9 Å². The van der Waals surface area contributed by atoms with Crippen molar-refractivity contribution in [2.75, 3.05) is 14.2 Å². The predicted octanol–water partition coefficient (Wildman–Crippen LogP) is 2.23. The molecule has 5 nitrogen and oxygen atoms in total. The number of aldehydes is 1. The fraction of sp³-hybridized carbons (Fsp3) is 0.286. The molecule has 0 spiro atoms. The molecule has 0 aliphatic heterocycles. The molecule has 2 aromatic rings. The summed E-state index contributed by atoms with van der Waals surface area (Å²) in [7, 11) is 4.95. The second kappa shape index (κ2) is 5.14. The van der Waals surface area contributed by atoms with Crippen molar-refractivity contribution in [2.45, 2.75) is 6.92 Å². The maximum Gasteiger partial charge on any atom is 0.161 e. The molecule has 0 amide bonds. The Morgan fingerprint density at radius 1 is 1.21 bits per heavy atom. The van der Waals surface area contributed by atoms with Crippen LogP contribution in [0.4, 0.5) is 0 Å². The number of methoxy groups -OCH3 is 2. The second-order valence-electron chi connectivity index (χ2n) is 4.25. The van der Waals surface area contributed by atoms with Crippen molar-refractivity contribution in [3.63, 3.8) is 0 Å². The van der Waals surface area contributed by atoms with Crippen LogP contribution in [0.15, 0.2) is 18.3 Å². The lowest BCUT2D eigenvalue weighted by Gasteiger charge is -2.11. The van der Waals surface area contributed by atoms with E-state index in [1.165, 1.54) is 7.11 Å². The minimum Gasteiger partial charge on any atom is -0.493 e. The Bertz CT molecular complexity index is 617. The van der Waals surface area contributed by atoms with Crippen LogP contribution in [0.2, 0.25) is 0 Å². The molecule has 0 fully saturated rings. The van der Waals surface area contributed by atoms with Gasteiger partial charge in [0.1, 0.15) is 0 Å². The Labute approximate surface area is 111 Å². The van der Waals surface area contributed by atoms with Crippen LogP contribution in [-0.4, -0.2) is 30.3 Å². The van der Waals surface area contributed by atoms with E-state index in [4.69, 9.17) is 9.47 Å². The van der Waals surface area contributed by atoms with Gasteiger partial charge in [-0.05, 0) is 24.6 Å². The number of ether oxygens (including phenoxy) is 2. The number of aromatic nitrogens is 2. The third-order valence-corrected chi connectivity index (χ3v) is 2.95. The summed E-state index contributed by atoms with van der Waals surface area (Å²) >= 11 is 0. The molecule has 0 atom stereocenters. The van der Waals surface area contributed by atoms with Crippen LogP contribution in [0.25, 0.3) is 11.3 Å². The summed E-state index contributed by atoms with van der Waals surface area (Å²) in [5, 5.41) is 4.38. The van der Waals surface area contributed by atoms with Gasteiger partial charge in [-0.15, -0.1) is 0 Å². The zero-order valence-corrected chi connectivity index (χ0v) is 11.4. The van der Waals surface area contributed by atoms with Gasteiger partial charge in [0, 0.05) is 24.4 Å². The SMILES string of the molecule is COc1cc(C=O)c(-c2nn(C)cc2C)cc1OC. The first-order chi connectivity index (χ1) is 9.10. The maximum absolute atomic E-state index is 11.3. The van der Waals surface area contributed by atoms with E-state index in [-0.39, 0.29) is 0 Å². The first kappa shape index (κ1) is 13.1. The Kier molecular flexibility index (Phi) is 3.55. The molecule has 2 rings (SSSR count). The van der Waals surface area contributed by atoms with Gasteiger partial charge in [-0.3, -0.25) is 9.48 Å². The number of benzene rings is 1. The second-order valence-corrected chi connectivity index (χ2v) is 4.25. The van der Waals surface area contributed by atoms with Crippen molar-refractivity contribution >= 4 is 6.29 Å². The lowest BCUT2D eigenvalue weighted by Crippen LogP contribution is -1.97. The van der Waals surface area contributed by atoms with Gasteiger partial charge in [0.25, 0.3) is 0 Å². The van der Waals surface area contributed by atoms with Crippen LogP contribution >= 0.6 is 0 Å². The summed E-state index contributed by atoms with van der Waals surface area (Å²) in [5.41, 5.74) is 3.04. The van der Waals surface area contributed by atoms with E-state index in [0.717, 1.165) is 23.1 Å². The number of hydrogen-bond donors (Lipinski definition) is 0. The molecule has 0 radical (unpaired) electrons. The van der Waals surface area contributed by atoms with Crippen molar-refractivity contribution in [1.82, 2.24) is 9.78 Å². The number of nitrogens with zero attached hydrogens (tertiary/aromatic N) is 2. The summed E-state index contributed by atoms with van der Waals surface area (Å²) in [6.07, 6.45) is 2.70. The number of carbonyl (C=O) groups excluding carboxylic acids is 1. The van der Waals surface area contributed by atoms with Crippen LogP contribution in [0.3, 0.4) is 0 Å². The lowest BCUT2D eigenvalue weighted by molar-refractivity contribution is 0.112. The molecule has 0 bridgehead atoms. The fourth-order valence-electron chi connectivity index (χ4n) is 2.07. The Morgan fingerprint density at radius 3 is 2.32 bits per heavy atom. The highest BCUT2D eigenvalue weighted by molar-refractivity contribution is 5.89. The third kappa shape index (κ3) is 2.31. The fourth-order valence-corrected chi connectivity index (χ4v) is 2.07. The van der Waals surface area contributed by atoms with E-state index >= 15 is 0 Å². The zero-order chi connectivity index (χ0) is 14.0. The quantitative estimate of drug-likeness (QED) is 0.791. The van der Waals surface area contributed by atoms with E-state index in [1.807, 2.05) is 20.2 Å². The topological polar surface area (TPSA) is 53.3 Å². The van der Waals surface area contributed by atoms with Crippen LogP contribution in [0.5, 0.6) is 11.5 Å². The van der Waals surface area contributed by atoms with E-state index in [0.29, 0.717) is 17.1 Å². The molecule has 19 heavy (non-hydrogen) atoms. The van der Waals surface area contributed by atoms with E-state index < -0.39 is 0 Å². The molecule has 0 aliphatic rings. The van der Waals surface area contributed by atoms with Gasteiger partial charge in [0.2, 0.25) is 0 Å². The first-order valence-electron chi connectivity index (χ1n) is 5.82. The van der Waals surface area contributed by atoms with Gasteiger partial charge in [-0.1, -0.05) is 0 Å². The van der Waals surface area contributed by atoms with Crippen molar-refractivity contribution in [1.29, 1.82) is 0 Å². The average molecular weight is 260 g/mol. The molecule has 0 saturated carbocycles. The van der Waals surface area contributed by atoms with Gasteiger partial charge in [-0.2, -0.15) is 5.10 Å². The number of hydrogen-bond acceptors (Lipinski definition) is 4. The predicted molar refractivity (Wildman–Crippen MR) is 71.9 cm³/mol. The summed E-state index contributed by atoms with van der Waals surface area (Å²) in [5.74, 6) is 1.11. The number of rotatable bonds is 4. The molecule has 1 aromatic heterocycles. The summed E-state index contributed by atoms with van der Waals surface area (Å²) < 4.78 is 12.2. The molecule has 5 heteroatoms. The van der Waals surface area contributed by atoms with Gasteiger partial charge in [-0.25, -0.2) is 0 Å². The molecule has 100 valence electrons. The maximum atomic E-state index is 11.3. The molecule has 1 heterocycles. The molecule has 0 aliphatic carbocycles.